The first-order chi connectivity index (χ1) is 13.2. The molecule has 2 saturated heterocycles. The van der Waals surface area contributed by atoms with E-state index in [0.717, 1.165) is 31.4 Å². The molecule has 0 spiro atoms. The lowest BCUT2D eigenvalue weighted by molar-refractivity contribution is -0.155. The Morgan fingerprint density at radius 2 is 1.81 bits per heavy atom. The summed E-state index contributed by atoms with van der Waals surface area (Å²) in [5.74, 6) is 0.119. The molecule has 27 heavy (non-hydrogen) atoms. The van der Waals surface area contributed by atoms with Crippen LogP contribution in [0.5, 0.6) is 0 Å². The first-order valence-corrected chi connectivity index (χ1v) is 10.3. The quantitative estimate of drug-likeness (QED) is 0.869. The topological polar surface area (TPSA) is 61.9 Å². The second-order valence-corrected chi connectivity index (χ2v) is 7.87. The molecule has 1 aromatic rings. The van der Waals surface area contributed by atoms with Gasteiger partial charge in [0.1, 0.15) is 0 Å². The number of rotatable bonds is 2. The van der Waals surface area contributed by atoms with Gasteiger partial charge in [0.15, 0.2) is 0 Å². The summed E-state index contributed by atoms with van der Waals surface area (Å²) in [5.41, 5.74) is 0.786. The number of carbonyl (C=O) groups is 2. The molecule has 1 aromatic carbocycles. The van der Waals surface area contributed by atoms with Gasteiger partial charge in [0, 0.05) is 25.3 Å². The molecule has 1 saturated carbocycles. The Morgan fingerprint density at radius 3 is 2.67 bits per heavy atom. The number of amides is 3. The van der Waals surface area contributed by atoms with Gasteiger partial charge in [-0.3, -0.25) is 4.79 Å². The van der Waals surface area contributed by atoms with Crippen molar-refractivity contribution in [1.82, 2.24) is 9.80 Å². The van der Waals surface area contributed by atoms with E-state index in [4.69, 9.17) is 4.74 Å². The molecule has 0 radical (unpaired) electrons. The summed E-state index contributed by atoms with van der Waals surface area (Å²) < 4.78 is 5.91. The van der Waals surface area contributed by atoms with E-state index in [0.29, 0.717) is 26.2 Å². The Balaban J connectivity index is 1.38. The number of piperidine rings is 1. The summed E-state index contributed by atoms with van der Waals surface area (Å²) in [6.45, 7) is 2.54. The van der Waals surface area contributed by atoms with Gasteiger partial charge in [0.05, 0.1) is 24.7 Å². The monoisotopic (exact) mass is 371 g/mol. The van der Waals surface area contributed by atoms with E-state index in [9.17, 15) is 9.59 Å². The number of carbonyl (C=O) groups excluding carboxylic acids is 2. The highest BCUT2D eigenvalue weighted by atomic mass is 16.5. The first kappa shape index (κ1) is 18.3. The van der Waals surface area contributed by atoms with Crippen LogP contribution in [0.3, 0.4) is 0 Å². The minimum atomic E-state index is -0.115. The molecule has 0 aromatic heterocycles. The lowest BCUT2D eigenvalue weighted by Crippen LogP contribution is -2.58. The Morgan fingerprint density at radius 1 is 1.00 bits per heavy atom. The predicted molar refractivity (Wildman–Crippen MR) is 103 cm³/mol. The maximum Gasteiger partial charge on any atom is 0.321 e. The summed E-state index contributed by atoms with van der Waals surface area (Å²) >= 11 is 0. The van der Waals surface area contributed by atoms with E-state index in [1.54, 1.807) is 4.90 Å². The highest BCUT2D eigenvalue weighted by Gasteiger charge is 2.40. The van der Waals surface area contributed by atoms with Crippen LogP contribution in [-0.4, -0.2) is 60.1 Å². The summed E-state index contributed by atoms with van der Waals surface area (Å²) in [6, 6.07) is 9.59. The normalized spacial score (nSPS) is 28.4. The van der Waals surface area contributed by atoms with E-state index in [2.05, 4.69) is 10.2 Å². The molecule has 2 aliphatic heterocycles. The minimum absolute atomic E-state index is 0.0963. The van der Waals surface area contributed by atoms with Gasteiger partial charge in [-0.05, 0) is 37.8 Å². The number of urea groups is 1. The minimum Gasteiger partial charge on any atom is -0.374 e. The Labute approximate surface area is 160 Å². The van der Waals surface area contributed by atoms with Gasteiger partial charge in [-0.1, -0.05) is 31.0 Å². The molecule has 4 rings (SSSR count). The lowest BCUT2D eigenvalue weighted by atomic mass is 9.88. The number of anilines is 1. The zero-order valence-electron chi connectivity index (χ0n) is 15.8. The van der Waals surface area contributed by atoms with Crippen LogP contribution in [0.1, 0.15) is 38.5 Å². The molecule has 3 atom stereocenters. The maximum absolute atomic E-state index is 13.2. The van der Waals surface area contributed by atoms with Gasteiger partial charge in [-0.2, -0.15) is 0 Å². The van der Waals surface area contributed by atoms with Crippen LogP contribution >= 0.6 is 0 Å². The van der Waals surface area contributed by atoms with Crippen LogP contribution < -0.4 is 5.32 Å². The Bertz CT molecular complexity index is 664. The molecule has 1 N–H and O–H groups in total. The summed E-state index contributed by atoms with van der Waals surface area (Å²) in [5, 5.41) is 2.94. The average molecular weight is 371 g/mol. The molecule has 2 heterocycles. The van der Waals surface area contributed by atoms with Crippen molar-refractivity contribution in [2.24, 2.45) is 5.92 Å². The van der Waals surface area contributed by atoms with Crippen molar-refractivity contribution in [2.75, 3.05) is 31.6 Å². The largest absolute Gasteiger partial charge is 0.374 e. The van der Waals surface area contributed by atoms with Crippen molar-refractivity contribution < 1.29 is 14.3 Å². The van der Waals surface area contributed by atoms with Crippen molar-refractivity contribution in [3.8, 4) is 0 Å². The van der Waals surface area contributed by atoms with Crippen LogP contribution in [0.15, 0.2) is 30.3 Å². The fourth-order valence-corrected chi connectivity index (χ4v) is 4.69. The summed E-state index contributed by atoms with van der Waals surface area (Å²) in [6.07, 6.45) is 6.41. The first-order valence-electron chi connectivity index (χ1n) is 10.3. The number of hydrogen-bond acceptors (Lipinski definition) is 3. The summed E-state index contributed by atoms with van der Waals surface area (Å²) in [4.78, 5) is 29.7. The number of likely N-dealkylation sites (tertiary alicyclic amines) is 1. The number of ether oxygens (including phenoxy) is 1. The van der Waals surface area contributed by atoms with Gasteiger partial charge in [-0.15, -0.1) is 0 Å². The van der Waals surface area contributed by atoms with E-state index < -0.39 is 0 Å². The number of nitrogens with zero attached hydrogens (tertiary/aromatic N) is 2. The fourth-order valence-electron chi connectivity index (χ4n) is 4.69. The van der Waals surface area contributed by atoms with E-state index in [1.807, 2.05) is 30.3 Å². The van der Waals surface area contributed by atoms with Crippen LogP contribution in [0.2, 0.25) is 0 Å². The maximum atomic E-state index is 13.2. The zero-order valence-corrected chi connectivity index (χ0v) is 15.8. The number of benzene rings is 1. The smallest absolute Gasteiger partial charge is 0.321 e. The number of morpholine rings is 1. The average Bonchev–Trinajstić information content (AvgIpc) is 2.73. The van der Waals surface area contributed by atoms with E-state index in [-0.39, 0.29) is 30.0 Å². The standard InChI is InChI=1S/C21H29N3O3/c25-20(24-13-14-27-19-11-5-4-10-18(19)24)16-7-6-12-23(15-16)21(26)22-17-8-2-1-3-9-17/h1-3,8-9,16,18-19H,4-7,10-15H2,(H,22,26)/t16-,18-,19+/m0/s1. The molecular weight excluding hydrogens is 342 g/mol. The van der Waals surface area contributed by atoms with Crippen molar-refractivity contribution in [1.29, 1.82) is 0 Å². The Hall–Kier alpha value is -2.08. The molecule has 0 unspecified atom stereocenters. The van der Waals surface area contributed by atoms with Gasteiger partial charge < -0.3 is 19.9 Å². The highest BCUT2D eigenvalue weighted by molar-refractivity contribution is 5.90. The van der Waals surface area contributed by atoms with Crippen LogP contribution in [0.25, 0.3) is 0 Å². The second kappa shape index (κ2) is 8.30. The summed E-state index contributed by atoms with van der Waals surface area (Å²) in [7, 11) is 0. The van der Waals surface area contributed by atoms with E-state index >= 15 is 0 Å². The molecule has 3 fully saturated rings. The number of para-hydroxylation sites is 1. The van der Waals surface area contributed by atoms with Gasteiger partial charge in [0.25, 0.3) is 0 Å². The zero-order chi connectivity index (χ0) is 18.6. The van der Waals surface area contributed by atoms with Crippen molar-refractivity contribution >= 4 is 17.6 Å². The SMILES string of the molecule is O=C(Nc1ccccc1)N1CCC[C@H](C(=O)N2CCO[C@@H]3CCCC[C@@H]32)C1. The van der Waals surface area contributed by atoms with Gasteiger partial charge in [0.2, 0.25) is 5.91 Å². The van der Waals surface area contributed by atoms with Gasteiger partial charge >= 0.3 is 6.03 Å². The predicted octanol–water partition coefficient (Wildman–Crippen LogP) is 3.10. The van der Waals surface area contributed by atoms with Crippen LogP contribution in [0.4, 0.5) is 10.5 Å². The van der Waals surface area contributed by atoms with Crippen LogP contribution in [0, 0.1) is 5.92 Å². The molecule has 6 heteroatoms. The molecule has 1 aliphatic carbocycles. The lowest BCUT2D eigenvalue weighted by Gasteiger charge is -2.45. The van der Waals surface area contributed by atoms with Crippen molar-refractivity contribution in [2.45, 2.75) is 50.7 Å². The molecular formula is C21H29N3O3. The molecule has 6 nitrogen and oxygen atoms in total. The fraction of sp³-hybridized carbons (Fsp3) is 0.619. The third-order valence-electron chi connectivity index (χ3n) is 6.10. The molecule has 0 bridgehead atoms. The molecule has 3 aliphatic rings. The van der Waals surface area contributed by atoms with E-state index in [1.165, 1.54) is 12.8 Å². The van der Waals surface area contributed by atoms with Crippen molar-refractivity contribution in [3.05, 3.63) is 30.3 Å². The number of nitrogens with one attached hydrogen (secondary N) is 1. The third kappa shape index (κ3) is 4.10. The number of fused-ring (bicyclic) bond motifs is 1. The molecule has 146 valence electrons. The Kier molecular flexibility index (Phi) is 5.62. The third-order valence-corrected chi connectivity index (χ3v) is 6.10. The van der Waals surface area contributed by atoms with Gasteiger partial charge in [-0.25, -0.2) is 4.79 Å². The highest BCUT2D eigenvalue weighted by Crippen LogP contribution is 2.31. The van der Waals surface area contributed by atoms with Crippen molar-refractivity contribution in [3.63, 3.8) is 0 Å². The second-order valence-electron chi connectivity index (χ2n) is 7.87. The molecule has 3 amide bonds. The number of hydrogen-bond donors (Lipinski definition) is 1. The van der Waals surface area contributed by atoms with Crippen LogP contribution in [-0.2, 0) is 9.53 Å².